The number of ether oxygens (including phenoxy) is 2. The number of benzene rings is 3. The molecule has 2 atom stereocenters. The maximum absolute atomic E-state index is 13.3. The Balaban J connectivity index is 1.62. The van der Waals surface area contributed by atoms with Crippen LogP contribution in [0.2, 0.25) is 0 Å². The van der Waals surface area contributed by atoms with Gasteiger partial charge in [-0.1, -0.05) is 42.5 Å². The van der Waals surface area contributed by atoms with Crippen LogP contribution < -0.4 is 9.47 Å². The van der Waals surface area contributed by atoms with E-state index in [0.717, 1.165) is 28.9 Å². The number of Topliss-reactive ketones (excluding diaryl/α,β-unsaturated/α-hetero) is 1. The number of methoxy groups -OCH3 is 1. The van der Waals surface area contributed by atoms with Crippen LogP contribution in [0.1, 0.15) is 35.2 Å². The van der Waals surface area contributed by atoms with E-state index in [2.05, 4.69) is 0 Å². The van der Waals surface area contributed by atoms with E-state index in [1.165, 1.54) is 4.90 Å². The molecule has 0 radical (unpaired) electrons. The second kappa shape index (κ2) is 8.71. The fraction of sp³-hybridized carbons (Fsp3) is 0.214. The van der Waals surface area contributed by atoms with Gasteiger partial charge in [-0.25, -0.2) is 0 Å². The van der Waals surface area contributed by atoms with Crippen molar-refractivity contribution >= 4 is 17.4 Å². The molecule has 0 bridgehead atoms. The number of fused-ring (bicyclic) bond motifs is 1. The molecule has 0 saturated carbocycles. The van der Waals surface area contributed by atoms with Crippen molar-refractivity contribution in [1.29, 1.82) is 0 Å². The molecule has 3 aromatic carbocycles. The standard InChI is InChI=1S/C28H25NO5/c1-17-14-21-15-20(10-13-23(21)34-17)26(30)24-25(19-8-11-22(33-2)12-9-19)29(28(32)27(24)31)16-18-6-4-3-5-7-18/h3-13,15,17,25,30H,14,16H2,1-2H3/b26-24-. The molecule has 2 unspecified atom stereocenters. The number of ketones is 1. The normalized spacial score (nSPS) is 20.8. The van der Waals surface area contributed by atoms with Crippen molar-refractivity contribution in [3.8, 4) is 11.5 Å². The number of likely N-dealkylation sites (tertiary alicyclic amines) is 1. The molecule has 3 aromatic rings. The second-order valence-corrected chi connectivity index (χ2v) is 8.64. The lowest BCUT2D eigenvalue weighted by Gasteiger charge is -2.25. The molecule has 0 aromatic heterocycles. The first-order chi connectivity index (χ1) is 16.5. The van der Waals surface area contributed by atoms with Crippen molar-refractivity contribution in [2.45, 2.75) is 32.0 Å². The first-order valence-electron chi connectivity index (χ1n) is 11.2. The summed E-state index contributed by atoms with van der Waals surface area (Å²) in [6.07, 6.45) is 0.781. The summed E-state index contributed by atoms with van der Waals surface area (Å²) < 4.78 is 11.0. The summed E-state index contributed by atoms with van der Waals surface area (Å²) >= 11 is 0. The van der Waals surface area contributed by atoms with E-state index in [0.29, 0.717) is 11.3 Å². The van der Waals surface area contributed by atoms with Crippen LogP contribution in [-0.4, -0.2) is 34.9 Å². The number of aliphatic hydroxyl groups excluding tert-OH is 1. The summed E-state index contributed by atoms with van der Waals surface area (Å²) in [5.41, 5.74) is 3.16. The third-order valence-electron chi connectivity index (χ3n) is 6.34. The molecule has 1 saturated heterocycles. The number of carbonyl (C=O) groups is 2. The van der Waals surface area contributed by atoms with Gasteiger partial charge >= 0.3 is 0 Å². The molecule has 2 aliphatic rings. The number of hydrogen-bond donors (Lipinski definition) is 1. The predicted octanol–water partition coefficient (Wildman–Crippen LogP) is 4.64. The largest absolute Gasteiger partial charge is 0.507 e. The zero-order chi connectivity index (χ0) is 23.8. The van der Waals surface area contributed by atoms with Crippen molar-refractivity contribution in [2.24, 2.45) is 0 Å². The highest BCUT2D eigenvalue weighted by Gasteiger charge is 2.46. The van der Waals surface area contributed by atoms with E-state index in [1.54, 1.807) is 31.4 Å². The van der Waals surface area contributed by atoms with Gasteiger partial charge in [0.1, 0.15) is 23.4 Å². The van der Waals surface area contributed by atoms with Crippen molar-refractivity contribution in [3.05, 3.63) is 101 Å². The first-order valence-corrected chi connectivity index (χ1v) is 11.2. The number of hydrogen-bond acceptors (Lipinski definition) is 5. The topological polar surface area (TPSA) is 76.1 Å². The molecule has 0 spiro atoms. The van der Waals surface area contributed by atoms with Crippen molar-refractivity contribution in [3.63, 3.8) is 0 Å². The fourth-order valence-corrected chi connectivity index (χ4v) is 4.68. The van der Waals surface area contributed by atoms with E-state index in [-0.39, 0.29) is 24.0 Å². The molecule has 6 heteroatoms. The Hall–Kier alpha value is -4.06. The highest BCUT2D eigenvalue weighted by molar-refractivity contribution is 6.46. The van der Waals surface area contributed by atoms with Gasteiger partial charge in [0.25, 0.3) is 11.7 Å². The van der Waals surface area contributed by atoms with Crippen molar-refractivity contribution in [1.82, 2.24) is 4.90 Å². The van der Waals surface area contributed by atoms with Crippen LogP contribution in [0.25, 0.3) is 5.76 Å². The third kappa shape index (κ3) is 3.81. The maximum atomic E-state index is 13.3. The average Bonchev–Trinajstić information content (AvgIpc) is 3.35. The van der Waals surface area contributed by atoms with E-state index in [9.17, 15) is 14.7 Å². The van der Waals surface area contributed by atoms with Gasteiger partial charge < -0.3 is 19.5 Å². The number of amides is 1. The average molecular weight is 456 g/mol. The summed E-state index contributed by atoms with van der Waals surface area (Å²) in [4.78, 5) is 28.0. The summed E-state index contributed by atoms with van der Waals surface area (Å²) in [7, 11) is 1.58. The minimum atomic E-state index is -0.727. The molecule has 5 rings (SSSR count). The molecular formula is C28H25NO5. The van der Waals surface area contributed by atoms with Crippen molar-refractivity contribution < 1.29 is 24.2 Å². The van der Waals surface area contributed by atoms with E-state index in [1.807, 2.05) is 55.5 Å². The minimum absolute atomic E-state index is 0.0585. The van der Waals surface area contributed by atoms with Crippen LogP contribution >= 0.6 is 0 Å². The Morgan fingerprint density at radius 3 is 2.50 bits per heavy atom. The summed E-state index contributed by atoms with van der Waals surface area (Å²) in [6.45, 7) is 2.23. The van der Waals surface area contributed by atoms with Crippen molar-refractivity contribution in [2.75, 3.05) is 7.11 Å². The smallest absolute Gasteiger partial charge is 0.295 e. The summed E-state index contributed by atoms with van der Waals surface area (Å²) in [5, 5.41) is 11.3. The Morgan fingerprint density at radius 2 is 1.79 bits per heavy atom. The highest BCUT2D eigenvalue weighted by Crippen LogP contribution is 2.41. The van der Waals surface area contributed by atoms with Crippen LogP contribution in [-0.2, 0) is 22.6 Å². The van der Waals surface area contributed by atoms with Crippen LogP contribution in [0.15, 0.2) is 78.4 Å². The SMILES string of the molecule is COc1ccc(C2/C(=C(/O)c3ccc4c(c3)CC(C)O4)C(=O)C(=O)N2Cc2ccccc2)cc1. The maximum Gasteiger partial charge on any atom is 0.295 e. The lowest BCUT2D eigenvalue weighted by molar-refractivity contribution is -0.140. The van der Waals surface area contributed by atoms with E-state index in [4.69, 9.17) is 9.47 Å². The minimum Gasteiger partial charge on any atom is -0.507 e. The summed E-state index contributed by atoms with van der Waals surface area (Å²) in [6, 6.07) is 21.3. The van der Waals surface area contributed by atoms with E-state index < -0.39 is 17.7 Å². The van der Waals surface area contributed by atoms with Gasteiger partial charge in [0, 0.05) is 18.5 Å². The summed E-state index contributed by atoms with van der Waals surface area (Å²) in [5.74, 6) is -0.0717. The van der Waals surface area contributed by atoms with E-state index >= 15 is 0 Å². The van der Waals surface area contributed by atoms with Gasteiger partial charge in [0.15, 0.2) is 0 Å². The molecule has 1 amide bonds. The zero-order valence-corrected chi connectivity index (χ0v) is 19.0. The number of rotatable bonds is 5. The molecular weight excluding hydrogens is 430 g/mol. The molecule has 0 aliphatic carbocycles. The molecule has 6 nitrogen and oxygen atoms in total. The Morgan fingerprint density at radius 1 is 1.06 bits per heavy atom. The monoisotopic (exact) mass is 455 g/mol. The van der Waals surface area contributed by atoms with Gasteiger partial charge in [0.05, 0.1) is 18.7 Å². The molecule has 1 fully saturated rings. The fourth-order valence-electron chi connectivity index (χ4n) is 4.68. The molecule has 172 valence electrons. The molecule has 34 heavy (non-hydrogen) atoms. The molecule has 2 aliphatic heterocycles. The zero-order valence-electron chi connectivity index (χ0n) is 19.0. The number of aliphatic hydroxyl groups is 1. The second-order valence-electron chi connectivity index (χ2n) is 8.64. The third-order valence-corrected chi connectivity index (χ3v) is 6.34. The van der Waals surface area contributed by atoms with Crippen LogP contribution in [0.4, 0.5) is 0 Å². The van der Waals surface area contributed by atoms with Crippen LogP contribution in [0.5, 0.6) is 11.5 Å². The van der Waals surface area contributed by atoms with Crippen LogP contribution in [0.3, 0.4) is 0 Å². The quantitative estimate of drug-likeness (QED) is 0.345. The first kappa shape index (κ1) is 21.8. The lowest BCUT2D eigenvalue weighted by Crippen LogP contribution is -2.29. The van der Waals surface area contributed by atoms with Gasteiger partial charge in [0.2, 0.25) is 0 Å². The van der Waals surface area contributed by atoms with Gasteiger partial charge in [-0.3, -0.25) is 9.59 Å². The number of carbonyl (C=O) groups excluding carboxylic acids is 2. The lowest BCUT2D eigenvalue weighted by atomic mass is 9.94. The van der Waals surface area contributed by atoms with Gasteiger partial charge in [-0.2, -0.15) is 0 Å². The molecule has 1 N–H and O–H groups in total. The highest BCUT2D eigenvalue weighted by atomic mass is 16.5. The van der Waals surface area contributed by atoms with Gasteiger partial charge in [-0.15, -0.1) is 0 Å². The van der Waals surface area contributed by atoms with Crippen LogP contribution in [0, 0.1) is 0 Å². The van der Waals surface area contributed by atoms with Gasteiger partial charge in [-0.05, 0) is 53.9 Å². The molecule has 2 heterocycles. The Labute approximate surface area is 198 Å². The Kier molecular flexibility index (Phi) is 5.57. The Bertz CT molecular complexity index is 1280. The predicted molar refractivity (Wildman–Crippen MR) is 128 cm³/mol. The number of nitrogens with zero attached hydrogens (tertiary/aromatic N) is 1.